The average molecular weight is 312 g/mol. The second-order valence-corrected chi connectivity index (χ2v) is 5.51. The van der Waals surface area contributed by atoms with Crippen molar-refractivity contribution in [2.45, 2.75) is 25.4 Å². The third kappa shape index (κ3) is 3.82. The van der Waals surface area contributed by atoms with Crippen molar-refractivity contribution >= 4 is 0 Å². The van der Waals surface area contributed by atoms with Gasteiger partial charge in [0.2, 0.25) is 5.88 Å². The molecule has 118 valence electrons. The molecule has 6 heteroatoms. The average Bonchev–Trinajstić information content (AvgIpc) is 2.61. The van der Waals surface area contributed by atoms with Crippen LogP contribution in [-0.4, -0.2) is 23.1 Å². The summed E-state index contributed by atoms with van der Waals surface area (Å²) in [6.07, 6.45) is 5.36. The van der Waals surface area contributed by atoms with Gasteiger partial charge in [-0.15, -0.1) is 0 Å². The molecule has 0 saturated carbocycles. The number of piperidine rings is 1. The minimum absolute atomic E-state index is 0.0574. The molecule has 23 heavy (non-hydrogen) atoms. The van der Waals surface area contributed by atoms with Crippen molar-refractivity contribution in [1.29, 1.82) is 5.26 Å². The van der Waals surface area contributed by atoms with Crippen molar-refractivity contribution in [3.05, 3.63) is 53.2 Å². The van der Waals surface area contributed by atoms with Crippen LogP contribution in [0.2, 0.25) is 0 Å². The first-order chi connectivity index (χ1) is 11.3. The Labute approximate surface area is 134 Å². The maximum absolute atomic E-state index is 13.8. The summed E-state index contributed by atoms with van der Waals surface area (Å²) in [7, 11) is 0. The number of hydrogen-bond acceptors (Lipinski definition) is 5. The normalized spacial score (nSPS) is 15.1. The Morgan fingerprint density at radius 1 is 1.30 bits per heavy atom. The molecule has 0 spiro atoms. The van der Waals surface area contributed by atoms with Gasteiger partial charge in [-0.05, 0) is 38.1 Å². The van der Waals surface area contributed by atoms with E-state index in [1.54, 1.807) is 18.3 Å². The number of hydrogen-bond donors (Lipinski definition) is 1. The first kappa shape index (κ1) is 15.4. The maximum Gasteiger partial charge on any atom is 0.232 e. The van der Waals surface area contributed by atoms with Gasteiger partial charge in [0, 0.05) is 17.7 Å². The van der Waals surface area contributed by atoms with Gasteiger partial charge in [0.05, 0.1) is 23.5 Å². The zero-order valence-electron chi connectivity index (χ0n) is 12.6. The van der Waals surface area contributed by atoms with E-state index in [1.807, 2.05) is 6.07 Å². The van der Waals surface area contributed by atoms with E-state index >= 15 is 0 Å². The molecule has 2 aromatic rings. The summed E-state index contributed by atoms with van der Waals surface area (Å²) in [5, 5.41) is 12.1. The molecule has 1 aliphatic rings. The van der Waals surface area contributed by atoms with Crippen molar-refractivity contribution < 1.29 is 9.13 Å². The molecule has 0 bridgehead atoms. The van der Waals surface area contributed by atoms with Crippen molar-refractivity contribution in [2.75, 3.05) is 13.1 Å². The van der Waals surface area contributed by atoms with Crippen LogP contribution >= 0.6 is 0 Å². The van der Waals surface area contributed by atoms with Gasteiger partial charge in [0.15, 0.2) is 0 Å². The number of aromatic nitrogens is 2. The smallest absolute Gasteiger partial charge is 0.232 e. The van der Waals surface area contributed by atoms with E-state index in [4.69, 9.17) is 10.00 Å². The molecule has 1 saturated heterocycles. The second kappa shape index (κ2) is 7.16. The molecule has 1 aliphatic heterocycles. The van der Waals surface area contributed by atoms with E-state index in [0.29, 0.717) is 22.9 Å². The van der Waals surface area contributed by atoms with Gasteiger partial charge in [0.1, 0.15) is 12.4 Å². The van der Waals surface area contributed by atoms with Crippen LogP contribution in [0.25, 0.3) is 0 Å². The third-order valence-electron chi connectivity index (χ3n) is 3.95. The van der Waals surface area contributed by atoms with Crippen molar-refractivity contribution in [1.82, 2.24) is 15.3 Å². The summed E-state index contributed by atoms with van der Waals surface area (Å²) in [5.74, 6) is 0.329. The van der Waals surface area contributed by atoms with Crippen LogP contribution < -0.4 is 10.1 Å². The molecule has 0 atom stereocenters. The fraction of sp³-hybridized carbons (Fsp3) is 0.353. The lowest BCUT2D eigenvalue weighted by Gasteiger charge is -2.21. The van der Waals surface area contributed by atoms with E-state index in [0.717, 1.165) is 31.6 Å². The van der Waals surface area contributed by atoms with Crippen LogP contribution in [-0.2, 0) is 6.61 Å². The predicted molar refractivity (Wildman–Crippen MR) is 82.3 cm³/mol. The van der Waals surface area contributed by atoms with Crippen LogP contribution in [0.15, 0.2) is 30.6 Å². The van der Waals surface area contributed by atoms with Crippen LogP contribution in [0.1, 0.15) is 35.6 Å². The first-order valence-electron chi connectivity index (χ1n) is 7.60. The summed E-state index contributed by atoms with van der Waals surface area (Å²) >= 11 is 0. The number of ether oxygens (including phenoxy) is 1. The fourth-order valence-corrected chi connectivity index (χ4v) is 2.63. The molecule has 0 aliphatic carbocycles. The van der Waals surface area contributed by atoms with Gasteiger partial charge in [-0.25, -0.2) is 9.37 Å². The molecule has 1 N–H and O–H groups in total. The van der Waals surface area contributed by atoms with Crippen molar-refractivity contribution in [2.24, 2.45) is 0 Å². The van der Waals surface area contributed by atoms with E-state index in [9.17, 15) is 4.39 Å². The van der Waals surface area contributed by atoms with E-state index < -0.39 is 5.82 Å². The summed E-state index contributed by atoms with van der Waals surface area (Å²) in [4.78, 5) is 8.66. The SMILES string of the molecule is N#Cc1ccc(COc2cncc(C3CCNCC3)n2)c(F)c1. The Balaban J connectivity index is 1.67. The molecular weight excluding hydrogens is 295 g/mol. The molecule has 0 amide bonds. The van der Waals surface area contributed by atoms with Gasteiger partial charge in [-0.2, -0.15) is 5.26 Å². The molecular formula is C17H17FN4O. The minimum atomic E-state index is -0.452. The highest BCUT2D eigenvalue weighted by Gasteiger charge is 2.17. The Morgan fingerprint density at radius 2 is 2.13 bits per heavy atom. The van der Waals surface area contributed by atoms with Crippen LogP contribution in [0, 0.1) is 17.1 Å². The molecule has 2 heterocycles. The zero-order valence-corrected chi connectivity index (χ0v) is 12.6. The summed E-state index contributed by atoms with van der Waals surface area (Å²) in [5.41, 5.74) is 1.60. The molecule has 0 radical (unpaired) electrons. The quantitative estimate of drug-likeness (QED) is 0.939. The highest BCUT2D eigenvalue weighted by atomic mass is 19.1. The molecule has 3 rings (SSSR count). The number of nitrogens with one attached hydrogen (secondary N) is 1. The van der Waals surface area contributed by atoms with Crippen LogP contribution in [0.4, 0.5) is 4.39 Å². The highest BCUT2D eigenvalue weighted by Crippen LogP contribution is 2.24. The van der Waals surface area contributed by atoms with E-state index in [2.05, 4.69) is 15.3 Å². The summed E-state index contributed by atoms with van der Waals surface area (Å²) in [6.45, 7) is 2.02. The number of rotatable bonds is 4. The van der Waals surface area contributed by atoms with Gasteiger partial charge in [-0.3, -0.25) is 4.98 Å². The molecule has 1 aromatic heterocycles. The summed E-state index contributed by atoms with van der Waals surface area (Å²) < 4.78 is 19.4. The molecule has 0 unspecified atom stereocenters. The Hall–Kier alpha value is -2.52. The van der Waals surface area contributed by atoms with Gasteiger partial charge >= 0.3 is 0 Å². The topological polar surface area (TPSA) is 70.8 Å². The predicted octanol–water partition coefficient (Wildman–Crippen LogP) is 2.53. The summed E-state index contributed by atoms with van der Waals surface area (Å²) in [6, 6.07) is 6.23. The van der Waals surface area contributed by atoms with Gasteiger partial charge in [-0.1, -0.05) is 6.07 Å². The lowest BCUT2D eigenvalue weighted by Crippen LogP contribution is -2.27. The number of halogens is 1. The standard InChI is InChI=1S/C17H17FN4O/c18-15-7-12(8-19)1-2-14(15)11-23-17-10-21-9-16(22-17)13-3-5-20-6-4-13/h1-2,7,9-10,13,20H,3-6,11H2. The Bertz CT molecular complexity index is 723. The lowest BCUT2D eigenvalue weighted by atomic mass is 9.95. The van der Waals surface area contributed by atoms with Crippen LogP contribution in [0.3, 0.4) is 0 Å². The molecule has 1 fully saturated rings. The maximum atomic E-state index is 13.8. The van der Waals surface area contributed by atoms with Gasteiger partial charge < -0.3 is 10.1 Å². The first-order valence-corrected chi connectivity index (χ1v) is 7.60. The second-order valence-electron chi connectivity index (χ2n) is 5.51. The minimum Gasteiger partial charge on any atom is -0.472 e. The third-order valence-corrected chi connectivity index (χ3v) is 3.95. The van der Waals surface area contributed by atoms with E-state index in [1.165, 1.54) is 12.3 Å². The highest BCUT2D eigenvalue weighted by molar-refractivity contribution is 5.32. The monoisotopic (exact) mass is 312 g/mol. The number of benzene rings is 1. The fourth-order valence-electron chi connectivity index (χ4n) is 2.63. The zero-order chi connectivity index (χ0) is 16.1. The number of nitrogens with zero attached hydrogens (tertiary/aromatic N) is 3. The molecule has 5 nitrogen and oxygen atoms in total. The van der Waals surface area contributed by atoms with Crippen molar-refractivity contribution in [3.8, 4) is 11.9 Å². The van der Waals surface area contributed by atoms with Gasteiger partial charge in [0.25, 0.3) is 0 Å². The Morgan fingerprint density at radius 3 is 2.87 bits per heavy atom. The Kier molecular flexibility index (Phi) is 4.79. The molecule has 1 aromatic carbocycles. The van der Waals surface area contributed by atoms with Crippen molar-refractivity contribution in [3.63, 3.8) is 0 Å². The number of nitriles is 1. The largest absolute Gasteiger partial charge is 0.472 e. The van der Waals surface area contributed by atoms with E-state index in [-0.39, 0.29) is 6.61 Å². The van der Waals surface area contributed by atoms with Crippen LogP contribution in [0.5, 0.6) is 5.88 Å². The lowest BCUT2D eigenvalue weighted by molar-refractivity contribution is 0.284.